The third-order valence-corrected chi connectivity index (χ3v) is 7.86. The molecule has 5 nitrogen and oxygen atoms in total. The average molecular weight is 356 g/mol. The number of carbonyl (C=O) groups excluding carboxylic acids is 3. The van der Waals surface area contributed by atoms with E-state index < -0.39 is 29.0 Å². The molecule has 5 rings (SSSR count). The first-order chi connectivity index (χ1) is 12.4. The summed E-state index contributed by atoms with van der Waals surface area (Å²) in [5.74, 6) is -1.01. The summed E-state index contributed by atoms with van der Waals surface area (Å²) in [6.45, 7) is 1.96. The van der Waals surface area contributed by atoms with Crippen molar-refractivity contribution < 1.29 is 24.0 Å². The molecule has 0 aromatic rings. The van der Waals surface area contributed by atoms with Crippen molar-refractivity contribution in [1.29, 1.82) is 0 Å². The van der Waals surface area contributed by atoms with E-state index in [1.165, 1.54) is 18.9 Å². The van der Waals surface area contributed by atoms with Gasteiger partial charge in [0.2, 0.25) is 11.6 Å². The number of likely N-dealkylation sites (N-methyl/N-ethyl adjacent to an activating group) is 1. The minimum atomic E-state index is -1.000. The van der Waals surface area contributed by atoms with Crippen molar-refractivity contribution in [2.75, 3.05) is 20.1 Å². The normalized spacial score (nSPS) is 47.3. The quantitative estimate of drug-likeness (QED) is 0.596. The van der Waals surface area contributed by atoms with Gasteiger partial charge in [-0.1, -0.05) is 6.08 Å². The molecule has 2 bridgehead atoms. The highest BCUT2D eigenvalue weighted by molar-refractivity contribution is 6.44. The topological polar surface area (TPSA) is 71.4 Å². The highest BCUT2D eigenvalue weighted by atomic mass is 16.3. The summed E-state index contributed by atoms with van der Waals surface area (Å²) in [7, 11) is 2.29. The van der Waals surface area contributed by atoms with E-state index in [0.717, 1.165) is 35.5 Å². The summed E-state index contributed by atoms with van der Waals surface area (Å²) in [5, 5.41) is 10.4. The van der Waals surface area contributed by atoms with Crippen molar-refractivity contribution in [3.8, 4) is 0 Å². The molecule has 5 heteroatoms. The Morgan fingerprint density at radius 1 is 1.15 bits per heavy atom. The average Bonchev–Trinajstić information content (AvgIpc) is 3.42. The number of allylic oxidation sites excluding steroid dienone is 3. The molecule has 0 aromatic heterocycles. The number of hydrogen-bond acceptors (Lipinski definition) is 4. The van der Waals surface area contributed by atoms with Gasteiger partial charge in [-0.05, 0) is 43.4 Å². The van der Waals surface area contributed by atoms with Crippen LogP contribution in [0.15, 0.2) is 23.8 Å². The van der Waals surface area contributed by atoms with E-state index in [-0.39, 0.29) is 17.7 Å². The third-order valence-electron chi connectivity index (χ3n) is 7.86. The Balaban J connectivity index is 1.68. The maximum atomic E-state index is 13.3. The number of aliphatic hydroxyl groups is 1. The zero-order chi connectivity index (χ0) is 18.3. The lowest BCUT2D eigenvalue weighted by molar-refractivity contribution is -0.940. The molecule has 5 aliphatic rings. The van der Waals surface area contributed by atoms with Crippen LogP contribution in [-0.2, 0) is 14.4 Å². The standard InChI is InChI=1S/C21H26NO4/c1-22(11-12-2-3-12)9-8-21-14(5-7-17(24)20(21)26)15(22)10-13-4-6-16(23)19(25)18(13)21/h4,6,10,12,14-15,17-18,24H,2-3,5,7-9,11H2,1H3/q+1/t14?,15-,17?,18?,21+,22?/m1/s1. The fraction of sp³-hybridized carbons (Fsp3) is 0.667. The molecule has 1 saturated heterocycles. The van der Waals surface area contributed by atoms with Crippen molar-refractivity contribution in [2.24, 2.45) is 23.2 Å². The predicted octanol–water partition coefficient (Wildman–Crippen LogP) is 1.21. The molecular weight excluding hydrogens is 330 g/mol. The van der Waals surface area contributed by atoms with Crippen molar-refractivity contribution in [2.45, 2.75) is 44.2 Å². The van der Waals surface area contributed by atoms with E-state index >= 15 is 0 Å². The Bertz CT molecular complexity index is 779. The lowest BCUT2D eigenvalue weighted by Gasteiger charge is -2.61. The fourth-order valence-electron chi connectivity index (χ4n) is 6.45. The van der Waals surface area contributed by atoms with E-state index in [9.17, 15) is 19.5 Å². The highest BCUT2D eigenvalue weighted by Crippen LogP contribution is 2.60. The number of ketones is 3. The van der Waals surface area contributed by atoms with Crippen LogP contribution in [0, 0.1) is 23.2 Å². The van der Waals surface area contributed by atoms with E-state index in [1.807, 2.05) is 0 Å². The van der Waals surface area contributed by atoms with Crippen LogP contribution in [0.25, 0.3) is 0 Å². The summed E-state index contributed by atoms with van der Waals surface area (Å²) in [4.78, 5) is 38.2. The predicted molar refractivity (Wildman–Crippen MR) is 93.9 cm³/mol. The van der Waals surface area contributed by atoms with Crippen LogP contribution in [0.5, 0.6) is 0 Å². The molecule has 6 atom stereocenters. The minimum absolute atomic E-state index is 0.0490. The molecular formula is C21H26NO4+. The van der Waals surface area contributed by atoms with Crippen molar-refractivity contribution >= 4 is 17.3 Å². The van der Waals surface area contributed by atoms with Gasteiger partial charge in [0.15, 0.2) is 5.78 Å². The number of rotatable bonds is 2. The second-order valence-corrected chi connectivity index (χ2v) is 9.34. The Hall–Kier alpha value is -1.59. The first kappa shape index (κ1) is 16.6. The molecule has 0 spiro atoms. The van der Waals surface area contributed by atoms with Gasteiger partial charge in [-0.2, -0.15) is 0 Å². The number of carbonyl (C=O) groups is 3. The number of Topliss-reactive ketones (excluding diaryl/α,β-unsaturated/α-hetero) is 2. The number of fused-ring (bicyclic) bond motifs is 1. The van der Waals surface area contributed by atoms with Gasteiger partial charge in [-0.25, -0.2) is 0 Å². The van der Waals surface area contributed by atoms with Crippen LogP contribution in [0.4, 0.5) is 0 Å². The Morgan fingerprint density at radius 2 is 1.92 bits per heavy atom. The molecule has 0 aromatic carbocycles. The van der Waals surface area contributed by atoms with Crippen LogP contribution in [0.1, 0.15) is 32.1 Å². The smallest absolute Gasteiger partial charge is 0.222 e. The molecule has 3 fully saturated rings. The Labute approximate surface area is 153 Å². The maximum Gasteiger partial charge on any atom is 0.222 e. The van der Waals surface area contributed by atoms with Gasteiger partial charge < -0.3 is 9.59 Å². The fourth-order valence-corrected chi connectivity index (χ4v) is 6.45. The largest absolute Gasteiger partial charge is 0.385 e. The van der Waals surface area contributed by atoms with E-state index in [2.05, 4.69) is 13.1 Å². The van der Waals surface area contributed by atoms with E-state index in [4.69, 9.17) is 0 Å². The number of aliphatic hydroxyl groups excluding tert-OH is 1. The van der Waals surface area contributed by atoms with E-state index in [0.29, 0.717) is 12.8 Å². The van der Waals surface area contributed by atoms with Gasteiger partial charge >= 0.3 is 0 Å². The monoisotopic (exact) mass is 356 g/mol. The lowest BCUT2D eigenvalue weighted by Crippen LogP contribution is -2.72. The number of piperidine rings is 1. The van der Waals surface area contributed by atoms with Crippen LogP contribution in [0.2, 0.25) is 0 Å². The van der Waals surface area contributed by atoms with Crippen molar-refractivity contribution in [1.82, 2.24) is 0 Å². The van der Waals surface area contributed by atoms with E-state index in [1.54, 1.807) is 6.08 Å². The number of nitrogens with zero attached hydrogens (tertiary/aromatic N) is 1. The van der Waals surface area contributed by atoms with Crippen molar-refractivity contribution in [3.05, 3.63) is 23.8 Å². The van der Waals surface area contributed by atoms with Gasteiger partial charge in [0.25, 0.3) is 0 Å². The molecule has 1 heterocycles. The maximum absolute atomic E-state index is 13.3. The van der Waals surface area contributed by atoms with Crippen molar-refractivity contribution in [3.63, 3.8) is 0 Å². The molecule has 2 saturated carbocycles. The molecule has 138 valence electrons. The van der Waals surface area contributed by atoms with Gasteiger partial charge in [-0.15, -0.1) is 0 Å². The highest BCUT2D eigenvalue weighted by Gasteiger charge is 2.68. The third kappa shape index (κ3) is 2.01. The van der Waals surface area contributed by atoms with Gasteiger partial charge in [0, 0.05) is 18.3 Å². The van der Waals surface area contributed by atoms with Crippen LogP contribution in [-0.4, -0.2) is 59.2 Å². The molecule has 1 N–H and O–H groups in total. The number of hydrogen-bond donors (Lipinski definition) is 1. The van der Waals surface area contributed by atoms with Gasteiger partial charge in [-0.3, -0.25) is 14.4 Å². The second kappa shape index (κ2) is 5.23. The summed E-state index contributed by atoms with van der Waals surface area (Å²) in [5.41, 5.74) is -0.0521. The summed E-state index contributed by atoms with van der Waals surface area (Å²) < 4.78 is 0.923. The Kier molecular flexibility index (Phi) is 3.33. The Morgan fingerprint density at radius 3 is 2.65 bits per heavy atom. The first-order valence-corrected chi connectivity index (χ1v) is 9.91. The molecule has 4 unspecified atom stereocenters. The number of likely N-dealkylation sites (tertiary alicyclic amines) is 1. The molecule has 26 heavy (non-hydrogen) atoms. The molecule has 4 aliphatic carbocycles. The number of quaternary nitrogens is 1. The molecule has 0 amide bonds. The van der Waals surface area contributed by atoms with Crippen LogP contribution < -0.4 is 0 Å². The SMILES string of the molecule is C[N+]1(CC2CC2)CC[C@]23C(=O)C(O)CCC2[C@H]1C=C1C=CC(=O)C(=O)C13. The van der Waals surface area contributed by atoms with Crippen LogP contribution >= 0.6 is 0 Å². The lowest BCUT2D eigenvalue weighted by atomic mass is 9.47. The molecule has 1 aliphatic heterocycles. The van der Waals surface area contributed by atoms with Gasteiger partial charge in [0.05, 0.1) is 31.5 Å². The summed E-state index contributed by atoms with van der Waals surface area (Å²) in [6.07, 6.45) is 8.71. The second-order valence-electron chi connectivity index (χ2n) is 9.34. The molecule has 0 radical (unpaired) electrons. The van der Waals surface area contributed by atoms with Crippen LogP contribution in [0.3, 0.4) is 0 Å². The minimum Gasteiger partial charge on any atom is -0.385 e. The zero-order valence-electron chi connectivity index (χ0n) is 15.2. The summed E-state index contributed by atoms with van der Waals surface area (Å²) >= 11 is 0. The first-order valence-electron chi connectivity index (χ1n) is 9.91. The van der Waals surface area contributed by atoms with Gasteiger partial charge in [0.1, 0.15) is 12.1 Å². The summed E-state index contributed by atoms with van der Waals surface area (Å²) in [6, 6.07) is 0.192. The zero-order valence-corrected chi connectivity index (χ0v) is 15.2.